The molecule has 1 aromatic carbocycles. The number of thioether (sulfide) groups is 1. The van der Waals surface area contributed by atoms with Gasteiger partial charge in [0.1, 0.15) is 10.4 Å². The second-order valence-corrected chi connectivity index (χ2v) is 8.40. The van der Waals surface area contributed by atoms with Gasteiger partial charge in [0.25, 0.3) is 5.91 Å². The standard InChI is InChI=1S/C17H18BrNO3S2/c1-10(2)14(16(21)22)19-15(20)13(24-17(19)23)5-3-4-11-6-8-12(18)9-7-11/h5-10,14H,3-4H2,1-2H3,(H,21,22)/b13-5+. The molecule has 128 valence electrons. The van der Waals surface area contributed by atoms with Crippen molar-refractivity contribution in [1.82, 2.24) is 4.90 Å². The number of nitrogens with zero attached hydrogens (tertiary/aromatic N) is 1. The van der Waals surface area contributed by atoms with Gasteiger partial charge in [0, 0.05) is 4.47 Å². The van der Waals surface area contributed by atoms with Crippen LogP contribution in [-0.4, -0.2) is 32.2 Å². The summed E-state index contributed by atoms with van der Waals surface area (Å²) < 4.78 is 1.34. The molecule has 2 rings (SSSR count). The molecule has 1 N–H and O–H groups in total. The molecule has 1 aliphatic rings. The fraction of sp³-hybridized carbons (Fsp3) is 0.353. The Morgan fingerprint density at radius 3 is 2.54 bits per heavy atom. The molecule has 0 saturated carbocycles. The molecule has 1 aliphatic heterocycles. The number of carbonyl (C=O) groups is 2. The maximum Gasteiger partial charge on any atom is 0.327 e. The smallest absolute Gasteiger partial charge is 0.327 e. The number of carboxylic acids is 1. The van der Waals surface area contributed by atoms with Gasteiger partial charge >= 0.3 is 5.97 Å². The van der Waals surface area contributed by atoms with Crippen molar-refractivity contribution in [3.8, 4) is 0 Å². The number of allylic oxidation sites excluding steroid dienone is 1. The van der Waals surface area contributed by atoms with Crippen LogP contribution in [0, 0.1) is 5.92 Å². The van der Waals surface area contributed by atoms with Crippen molar-refractivity contribution in [3.05, 3.63) is 45.3 Å². The van der Waals surface area contributed by atoms with Gasteiger partial charge in [0.2, 0.25) is 0 Å². The van der Waals surface area contributed by atoms with Crippen LogP contribution in [0.15, 0.2) is 39.7 Å². The Bertz CT molecular complexity index is 686. The van der Waals surface area contributed by atoms with Gasteiger partial charge in [-0.1, -0.05) is 72.0 Å². The first kappa shape index (κ1) is 19.1. The Balaban J connectivity index is 2.07. The summed E-state index contributed by atoms with van der Waals surface area (Å²) in [6.45, 7) is 3.54. The summed E-state index contributed by atoms with van der Waals surface area (Å²) >= 11 is 9.80. The number of hydrogen-bond acceptors (Lipinski definition) is 4. The zero-order valence-electron chi connectivity index (χ0n) is 13.4. The molecule has 0 bridgehead atoms. The van der Waals surface area contributed by atoms with Crippen molar-refractivity contribution in [2.45, 2.75) is 32.7 Å². The third kappa shape index (κ3) is 4.46. The van der Waals surface area contributed by atoms with E-state index in [2.05, 4.69) is 15.9 Å². The first-order chi connectivity index (χ1) is 11.3. The Kier molecular flexibility index (Phi) is 6.60. The Morgan fingerprint density at radius 2 is 2.00 bits per heavy atom. The van der Waals surface area contributed by atoms with E-state index in [4.69, 9.17) is 12.2 Å². The minimum atomic E-state index is -1.03. The molecule has 4 nitrogen and oxygen atoms in total. The minimum Gasteiger partial charge on any atom is -0.480 e. The number of rotatable bonds is 6. The molecule has 0 aromatic heterocycles. The maximum atomic E-state index is 12.5. The van der Waals surface area contributed by atoms with E-state index in [0.29, 0.717) is 15.6 Å². The first-order valence-electron chi connectivity index (χ1n) is 7.54. The molecular formula is C17H18BrNO3S2. The lowest BCUT2D eigenvalue weighted by Gasteiger charge is -2.26. The molecule has 1 amide bonds. The molecule has 1 fully saturated rings. The number of thiocarbonyl (C=S) groups is 1. The van der Waals surface area contributed by atoms with Crippen LogP contribution in [0.3, 0.4) is 0 Å². The largest absolute Gasteiger partial charge is 0.480 e. The molecule has 7 heteroatoms. The third-order valence-corrected chi connectivity index (χ3v) is 5.57. The number of hydrogen-bond donors (Lipinski definition) is 1. The highest BCUT2D eigenvalue weighted by molar-refractivity contribution is 9.10. The van der Waals surface area contributed by atoms with Crippen molar-refractivity contribution in [2.75, 3.05) is 0 Å². The molecule has 24 heavy (non-hydrogen) atoms. The highest BCUT2D eigenvalue weighted by Gasteiger charge is 2.41. The highest BCUT2D eigenvalue weighted by atomic mass is 79.9. The van der Waals surface area contributed by atoms with Crippen LogP contribution in [-0.2, 0) is 16.0 Å². The van der Waals surface area contributed by atoms with Crippen molar-refractivity contribution >= 4 is 56.1 Å². The Hall–Kier alpha value is -1.18. The number of carboxylic acid groups (broad SMARTS) is 1. The van der Waals surface area contributed by atoms with E-state index in [0.717, 1.165) is 10.9 Å². The number of carbonyl (C=O) groups excluding carboxylic acids is 1. The lowest BCUT2D eigenvalue weighted by Crippen LogP contribution is -2.47. The predicted molar refractivity (Wildman–Crippen MR) is 104 cm³/mol. The van der Waals surface area contributed by atoms with E-state index in [-0.39, 0.29) is 11.8 Å². The summed E-state index contributed by atoms with van der Waals surface area (Å²) in [4.78, 5) is 25.8. The van der Waals surface area contributed by atoms with Crippen LogP contribution >= 0.6 is 39.9 Å². The summed E-state index contributed by atoms with van der Waals surface area (Å²) in [6.07, 6.45) is 3.36. The quantitative estimate of drug-likeness (QED) is 0.543. The van der Waals surface area contributed by atoms with Gasteiger partial charge in [-0.05, 0) is 36.5 Å². The van der Waals surface area contributed by atoms with E-state index in [9.17, 15) is 14.7 Å². The van der Waals surface area contributed by atoms with Gasteiger partial charge in [-0.2, -0.15) is 0 Å². The lowest BCUT2D eigenvalue weighted by molar-refractivity contribution is -0.146. The number of benzene rings is 1. The van der Waals surface area contributed by atoms with Gasteiger partial charge in [-0.25, -0.2) is 4.79 Å². The predicted octanol–water partition coefficient (Wildman–Crippen LogP) is 4.24. The van der Waals surface area contributed by atoms with Crippen LogP contribution in [0.1, 0.15) is 25.8 Å². The summed E-state index contributed by atoms with van der Waals surface area (Å²) in [5.41, 5.74) is 1.18. The Labute approximate surface area is 159 Å². The number of aryl methyl sites for hydroxylation is 1. The molecule has 1 saturated heterocycles. The fourth-order valence-electron chi connectivity index (χ4n) is 2.47. The van der Waals surface area contributed by atoms with Crippen LogP contribution in [0.2, 0.25) is 0 Å². The average Bonchev–Trinajstić information content (AvgIpc) is 2.77. The second-order valence-electron chi connectivity index (χ2n) is 5.80. The van der Waals surface area contributed by atoms with Crippen molar-refractivity contribution in [3.63, 3.8) is 0 Å². The van der Waals surface area contributed by atoms with Crippen molar-refractivity contribution < 1.29 is 14.7 Å². The zero-order chi connectivity index (χ0) is 17.9. The number of halogens is 1. The van der Waals surface area contributed by atoms with Gasteiger partial charge in [-0.3, -0.25) is 9.69 Å². The molecular weight excluding hydrogens is 410 g/mol. The second kappa shape index (κ2) is 8.27. The number of amides is 1. The van der Waals surface area contributed by atoms with Gasteiger partial charge in [-0.15, -0.1) is 0 Å². The SMILES string of the molecule is CC(C)C(C(=O)O)N1C(=O)/C(=C\CCc2ccc(Br)cc2)SC1=S. The van der Waals surface area contributed by atoms with E-state index in [1.54, 1.807) is 13.8 Å². The van der Waals surface area contributed by atoms with Crippen LogP contribution in [0.5, 0.6) is 0 Å². The molecule has 1 unspecified atom stereocenters. The van der Waals surface area contributed by atoms with Crippen molar-refractivity contribution in [1.29, 1.82) is 0 Å². The van der Waals surface area contributed by atoms with Crippen LogP contribution in [0.25, 0.3) is 0 Å². The van der Waals surface area contributed by atoms with E-state index in [1.165, 1.54) is 22.2 Å². The normalized spacial score (nSPS) is 17.8. The molecule has 0 spiro atoms. The summed E-state index contributed by atoms with van der Waals surface area (Å²) in [6, 6.07) is 7.10. The molecule has 0 aliphatic carbocycles. The molecule has 1 atom stereocenters. The number of aliphatic carboxylic acids is 1. The Morgan fingerprint density at radius 1 is 1.38 bits per heavy atom. The highest BCUT2D eigenvalue weighted by Crippen LogP contribution is 2.34. The summed E-state index contributed by atoms with van der Waals surface area (Å²) in [7, 11) is 0. The van der Waals surface area contributed by atoms with Crippen molar-refractivity contribution in [2.24, 2.45) is 5.92 Å². The van der Waals surface area contributed by atoms with Gasteiger partial charge < -0.3 is 5.11 Å². The topological polar surface area (TPSA) is 57.6 Å². The molecule has 1 aromatic rings. The monoisotopic (exact) mass is 427 g/mol. The van der Waals surface area contributed by atoms with E-state index < -0.39 is 12.0 Å². The minimum absolute atomic E-state index is 0.216. The third-order valence-electron chi connectivity index (χ3n) is 3.66. The summed E-state index contributed by atoms with van der Waals surface area (Å²) in [5.74, 6) is -1.55. The van der Waals surface area contributed by atoms with Gasteiger partial charge in [0.15, 0.2) is 0 Å². The van der Waals surface area contributed by atoms with Crippen LogP contribution < -0.4 is 0 Å². The maximum absolute atomic E-state index is 12.5. The van der Waals surface area contributed by atoms with E-state index in [1.807, 2.05) is 30.3 Å². The molecule has 0 radical (unpaired) electrons. The zero-order valence-corrected chi connectivity index (χ0v) is 16.6. The van der Waals surface area contributed by atoms with Crippen LogP contribution in [0.4, 0.5) is 0 Å². The van der Waals surface area contributed by atoms with E-state index >= 15 is 0 Å². The fourth-order valence-corrected chi connectivity index (χ4v) is 4.07. The summed E-state index contributed by atoms with van der Waals surface area (Å²) in [5, 5.41) is 9.39. The average molecular weight is 428 g/mol. The molecule has 1 heterocycles. The van der Waals surface area contributed by atoms with Gasteiger partial charge in [0.05, 0.1) is 4.91 Å². The lowest BCUT2D eigenvalue weighted by atomic mass is 10.0. The first-order valence-corrected chi connectivity index (χ1v) is 9.55.